The third-order valence-electron chi connectivity index (χ3n) is 4.44. The maximum Gasteiger partial charge on any atom is 0.321 e. The summed E-state index contributed by atoms with van der Waals surface area (Å²) in [6.45, 7) is 1.08. The number of aromatic nitrogens is 1. The van der Waals surface area contributed by atoms with E-state index >= 15 is 0 Å². The van der Waals surface area contributed by atoms with E-state index in [1.165, 1.54) is 7.11 Å². The zero-order chi connectivity index (χ0) is 17.8. The zero-order valence-electron chi connectivity index (χ0n) is 14.3. The van der Waals surface area contributed by atoms with E-state index in [-0.39, 0.29) is 17.9 Å². The summed E-state index contributed by atoms with van der Waals surface area (Å²) in [5, 5.41) is 3.82. The lowest BCUT2D eigenvalue weighted by Gasteiger charge is -2.30. The molecule has 0 aliphatic carbocycles. The number of fused-ring (bicyclic) bond motifs is 1. The highest BCUT2D eigenvalue weighted by molar-refractivity contribution is 5.92. The molecule has 1 aliphatic rings. The van der Waals surface area contributed by atoms with E-state index < -0.39 is 0 Å². The summed E-state index contributed by atoms with van der Waals surface area (Å²) >= 11 is 0. The van der Waals surface area contributed by atoms with Crippen LogP contribution in [0.25, 0.3) is 10.9 Å². The first kappa shape index (κ1) is 17.0. The standard InChI is InChI=1S/C18H21N3O4/c1-24-16-6-3-13-11-14(4-5-15(13)20-16)19-18(23)21-9-7-12(8-10-21)17(22)25-2/h3-6,11-12H,7-10H2,1-2H3,(H,19,23). The lowest BCUT2D eigenvalue weighted by Crippen LogP contribution is -2.42. The fourth-order valence-corrected chi connectivity index (χ4v) is 2.99. The van der Waals surface area contributed by atoms with Crippen molar-refractivity contribution < 1.29 is 19.1 Å². The minimum atomic E-state index is -0.197. The first-order chi connectivity index (χ1) is 12.1. The molecule has 7 nitrogen and oxygen atoms in total. The third kappa shape index (κ3) is 3.81. The maximum absolute atomic E-state index is 12.4. The number of methoxy groups -OCH3 is 2. The van der Waals surface area contributed by atoms with Crippen LogP contribution in [0.1, 0.15) is 12.8 Å². The van der Waals surface area contributed by atoms with Crippen LogP contribution in [-0.4, -0.2) is 49.2 Å². The number of piperidine rings is 1. The van der Waals surface area contributed by atoms with E-state index in [1.807, 2.05) is 24.3 Å². The Balaban J connectivity index is 1.63. The number of likely N-dealkylation sites (tertiary alicyclic amines) is 1. The predicted molar refractivity (Wildman–Crippen MR) is 93.6 cm³/mol. The van der Waals surface area contributed by atoms with Gasteiger partial charge in [0.1, 0.15) is 0 Å². The number of nitrogens with zero attached hydrogens (tertiary/aromatic N) is 2. The van der Waals surface area contributed by atoms with Crippen LogP contribution in [0.2, 0.25) is 0 Å². The molecule has 1 aliphatic heterocycles. The van der Waals surface area contributed by atoms with Crippen molar-refractivity contribution in [2.45, 2.75) is 12.8 Å². The number of pyridine rings is 1. The molecule has 0 saturated carbocycles. The molecule has 2 aromatic rings. The summed E-state index contributed by atoms with van der Waals surface area (Å²) in [4.78, 5) is 30.0. The molecule has 2 heterocycles. The molecule has 1 fully saturated rings. The number of esters is 1. The van der Waals surface area contributed by atoms with Crippen molar-refractivity contribution in [3.05, 3.63) is 30.3 Å². The molecule has 0 bridgehead atoms. The van der Waals surface area contributed by atoms with Gasteiger partial charge < -0.3 is 19.7 Å². The number of anilines is 1. The molecule has 0 unspecified atom stereocenters. The number of hydrogen-bond donors (Lipinski definition) is 1. The van der Waals surface area contributed by atoms with Crippen LogP contribution < -0.4 is 10.1 Å². The topological polar surface area (TPSA) is 80.8 Å². The number of amides is 2. The maximum atomic E-state index is 12.4. The zero-order valence-corrected chi connectivity index (χ0v) is 14.3. The monoisotopic (exact) mass is 343 g/mol. The molecule has 0 spiro atoms. The number of carbonyl (C=O) groups is 2. The van der Waals surface area contributed by atoms with Crippen molar-refractivity contribution in [1.29, 1.82) is 0 Å². The Bertz CT molecular complexity index is 785. The van der Waals surface area contributed by atoms with Gasteiger partial charge in [0.15, 0.2) is 0 Å². The van der Waals surface area contributed by atoms with Crippen molar-refractivity contribution in [2.24, 2.45) is 5.92 Å². The van der Waals surface area contributed by atoms with E-state index in [1.54, 1.807) is 18.1 Å². The van der Waals surface area contributed by atoms with Crippen molar-refractivity contribution in [1.82, 2.24) is 9.88 Å². The predicted octanol–water partition coefficient (Wildman–Crippen LogP) is 2.66. The Kier molecular flexibility index (Phi) is 5.02. The molecule has 1 N–H and O–H groups in total. The first-order valence-corrected chi connectivity index (χ1v) is 8.19. The molecule has 1 aromatic heterocycles. The Morgan fingerprint density at radius 3 is 2.60 bits per heavy atom. The van der Waals surface area contributed by atoms with Gasteiger partial charge in [0, 0.05) is 30.2 Å². The van der Waals surface area contributed by atoms with Crippen LogP contribution in [0.5, 0.6) is 5.88 Å². The van der Waals surface area contributed by atoms with Crippen LogP contribution in [-0.2, 0) is 9.53 Å². The Labute approximate surface area is 145 Å². The lowest BCUT2D eigenvalue weighted by atomic mass is 9.97. The van der Waals surface area contributed by atoms with E-state index in [2.05, 4.69) is 10.3 Å². The molecule has 7 heteroatoms. The molecular formula is C18H21N3O4. The first-order valence-electron chi connectivity index (χ1n) is 8.19. The highest BCUT2D eigenvalue weighted by Crippen LogP contribution is 2.22. The number of hydrogen-bond acceptors (Lipinski definition) is 5. The second-order valence-electron chi connectivity index (χ2n) is 5.98. The number of nitrogens with one attached hydrogen (secondary N) is 1. The number of carbonyl (C=O) groups excluding carboxylic acids is 2. The number of urea groups is 1. The molecule has 2 amide bonds. The summed E-state index contributed by atoms with van der Waals surface area (Å²) in [6.07, 6.45) is 1.25. The fraction of sp³-hybridized carbons (Fsp3) is 0.389. The largest absolute Gasteiger partial charge is 0.481 e. The summed E-state index contributed by atoms with van der Waals surface area (Å²) in [5.74, 6) is 0.242. The highest BCUT2D eigenvalue weighted by atomic mass is 16.5. The molecule has 132 valence electrons. The van der Waals surface area contributed by atoms with Gasteiger partial charge in [0.05, 0.1) is 25.7 Å². The summed E-state index contributed by atoms with van der Waals surface area (Å²) < 4.78 is 9.88. The summed E-state index contributed by atoms with van der Waals surface area (Å²) in [7, 11) is 2.97. The Morgan fingerprint density at radius 1 is 1.16 bits per heavy atom. The van der Waals surface area contributed by atoms with Gasteiger partial charge in [-0.15, -0.1) is 0 Å². The average molecular weight is 343 g/mol. The summed E-state index contributed by atoms with van der Waals surface area (Å²) in [5.41, 5.74) is 1.51. The van der Waals surface area contributed by atoms with Crippen LogP contribution in [0.4, 0.5) is 10.5 Å². The quantitative estimate of drug-likeness (QED) is 0.867. The van der Waals surface area contributed by atoms with Gasteiger partial charge in [0.25, 0.3) is 0 Å². The molecular weight excluding hydrogens is 322 g/mol. The molecule has 0 atom stereocenters. The smallest absolute Gasteiger partial charge is 0.321 e. The molecule has 25 heavy (non-hydrogen) atoms. The van der Waals surface area contributed by atoms with Gasteiger partial charge in [-0.3, -0.25) is 4.79 Å². The van der Waals surface area contributed by atoms with E-state index in [4.69, 9.17) is 9.47 Å². The average Bonchev–Trinajstić information content (AvgIpc) is 2.67. The Hall–Kier alpha value is -2.83. The van der Waals surface area contributed by atoms with Crippen LogP contribution in [0.3, 0.4) is 0 Å². The number of ether oxygens (including phenoxy) is 2. The molecule has 0 radical (unpaired) electrons. The third-order valence-corrected chi connectivity index (χ3v) is 4.44. The van der Waals surface area contributed by atoms with Gasteiger partial charge >= 0.3 is 12.0 Å². The molecule has 1 saturated heterocycles. The minimum absolute atomic E-state index is 0.115. The number of rotatable bonds is 3. The van der Waals surface area contributed by atoms with Gasteiger partial charge in [-0.2, -0.15) is 0 Å². The van der Waals surface area contributed by atoms with Crippen molar-refractivity contribution >= 4 is 28.6 Å². The number of benzene rings is 1. The van der Waals surface area contributed by atoms with E-state index in [9.17, 15) is 9.59 Å². The normalized spacial score (nSPS) is 15.0. The van der Waals surface area contributed by atoms with Crippen molar-refractivity contribution in [3.63, 3.8) is 0 Å². The van der Waals surface area contributed by atoms with Gasteiger partial charge in [-0.1, -0.05) is 0 Å². The van der Waals surface area contributed by atoms with Crippen molar-refractivity contribution in [3.8, 4) is 5.88 Å². The van der Waals surface area contributed by atoms with Crippen LogP contribution in [0, 0.1) is 5.92 Å². The molecule has 3 rings (SSSR count). The second kappa shape index (κ2) is 7.38. The van der Waals surface area contributed by atoms with Gasteiger partial charge in [-0.25, -0.2) is 9.78 Å². The van der Waals surface area contributed by atoms with Crippen LogP contribution in [0.15, 0.2) is 30.3 Å². The van der Waals surface area contributed by atoms with Gasteiger partial charge in [0.2, 0.25) is 5.88 Å². The highest BCUT2D eigenvalue weighted by Gasteiger charge is 2.27. The summed E-state index contributed by atoms with van der Waals surface area (Å²) in [6, 6.07) is 9.06. The van der Waals surface area contributed by atoms with Crippen LogP contribution >= 0.6 is 0 Å². The van der Waals surface area contributed by atoms with E-state index in [0.29, 0.717) is 37.5 Å². The van der Waals surface area contributed by atoms with Crippen molar-refractivity contribution in [2.75, 3.05) is 32.6 Å². The van der Waals surface area contributed by atoms with E-state index in [0.717, 1.165) is 10.9 Å². The van der Waals surface area contributed by atoms with Gasteiger partial charge in [-0.05, 0) is 37.1 Å². The lowest BCUT2D eigenvalue weighted by molar-refractivity contribution is -0.146. The SMILES string of the molecule is COC(=O)C1CCN(C(=O)Nc2ccc3nc(OC)ccc3c2)CC1. The minimum Gasteiger partial charge on any atom is -0.481 e. The molecule has 1 aromatic carbocycles. The Morgan fingerprint density at radius 2 is 1.92 bits per heavy atom. The fourth-order valence-electron chi connectivity index (χ4n) is 2.99. The second-order valence-corrected chi connectivity index (χ2v) is 5.98.